The molecule has 138 valence electrons. The summed E-state index contributed by atoms with van der Waals surface area (Å²) in [5.41, 5.74) is 6.09. The van der Waals surface area contributed by atoms with Crippen LogP contribution in [0.25, 0.3) is 0 Å². The molecule has 0 aromatic rings. The zero-order chi connectivity index (χ0) is 15.1. The van der Waals surface area contributed by atoms with Crippen molar-refractivity contribution >= 4 is 30.7 Å². The summed E-state index contributed by atoms with van der Waals surface area (Å²) in [5, 5.41) is 3.04. The number of amides is 1. The highest BCUT2D eigenvalue weighted by Crippen LogP contribution is 2.18. The molecule has 0 spiro atoms. The first-order valence-electron chi connectivity index (χ1n) is 8.06. The van der Waals surface area contributed by atoms with Crippen LogP contribution in [-0.4, -0.2) is 69.5 Å². The van der Waals surface area contributed by atoms with E-state index >= 15 is 0 Å². The van der Waals surface area contributed by atoms with Crippen molar-refractivity contribution in [1.82, 2.24) is 10.2 Å². The molecule has 0 radical (unpaired) electrons. The molecule has 1 amide bonds. The van der Waals surface area contributed by atoms with Crippen molar-refractivity contribution in [3.05, 3.63) is 0 Å². The van der Waals surface area contributed by atoms with Crippen LogP contribution in [0.1, 0.15) is 25.7 Å². The lowest BCUT2D eigenvalue weighted by molar-refractivity contribution is -0.124. The van der Waals surface area contributed by atoms with Crippen LogP contribution in [0.2, 0.25) is 0 Å². The predicted molar refractivity (Wildman–Crippen MR) is 95.5 cm³/mol. The van der Waals surface area contributed by atoms with Crippen LogP contribution in [0.3, 0.4) is 0 Å². The molecule has 2 aliphatic rings. The highest BCUT2D eigenvalue weighted by Gasteiger charge is 2.28. The Bertz CT molecular complexity index is 331. The Morgan fingerprint density at radius 3 is 2.70 bits per heavy atom. The number of nitrogens with one attached hydrogen (secondary N) is 1. The molecule has 8 heteroatoms. The topological polar surface area (TPSA) is 76.8 Å². The van der Waals surface area contributed by atoms with Crippen molar-refractivity contribution in [1.29, 1.82) is 0 Å². The van der Waals surface area contributed by atoms with Crippen LogP contribution in [0, 0.1) is 5.92 Å². The van der Waals surface area contributed by atoms with Crippen LogP contribution in [-0.2, 0) is 14.3 Å². The number of carbonyl (C=O) groups is 1. The number of halogens is 2. The maximum atomic E-state index is 12.2. The molecule has 3 N–H and O–H groups in total. The number of rotatable bonds is 7. The van der Waals surface area contributed by atoms with E-state index in [1.54, 1.807) is 7.11 Å². The molecule has 2 rings (SSSR count). The molecule has 2 saturated heterocycles. The van der Waals surface area contributed by atoms with Crippen LogP contribution in [0.5, 0.6) is 0 Å². The van der Waals surface area contributed by atoms with Crippen molar-refractivity contribution in [2.45, 2.75) is 37.8 Å². The summed E-state index contributed by atoms with van der Waals surface area (Å²) < 4.78 is 10.5. The average molecular weight is 372 g/mol. The molecule has 2 unspecified atom stereocenters. The normalized spacial score (nSPS) is 23.7. The summed E-state index contributed by atoms with van der Waals surface area (Å²) in [5.74, 6) is 0.243. The van der Waals surface area contributed by atoms with Gasteiger partial charge in [0.2, 0.25) is 5.91 Å². The Balaban J connectivity index is 0.00000242. The van der Waals surface area contributed by atoms with E-state index in [0.29, 0.717) is 12.6 Å². The van der Waals surface area contributed by atoms with Crippen LogP contribution in [0.15, 0.2) is 0 Å². The fourth-order valence-electron chi connectivity index (χ4n) is 3.25. The molecule has 0 bridgehead atoms. The van der Waals surface area contributed by atoms with Gasteiger partial charge in [-0.25, -0.2) is 0 Å². The standard InChI is InChI=1S/C15H29N3O3.2ClH/c1-20-10-7-18-6-2-3-13(18)11-17-15(19)14(16)12-4-8-21-9-5-12;;/h12-14H,2-11,16H2,1H3,(H,17,19);2*1H. The lowest BCUT2D eigenvalue weighted by Crippen LogP contribution is -2.50. The number of methoxy groups -OCH3 is 1. The Hall–Kier alpha value is -0.110. The predicted octanol–water partition coefficient (Wildman–Crippen LogP) is 0.811. The maximum Gasteiger partial charge on any atom is 0.237 e. The minimum atomic E-state index is -0.400. The fourth-order valence-corrected chi connectivity index (χ4v) is 3.25. The molecule has 2 aliphatic heterocycles. The quantitative estimate of drug-likeness (QED) is 0.692. The van der Waals surface area contributed by atoms with Crippen LogP contribution >= 0.6 is 24.8 Å². The molecule has 0 saturated carbocycles. The van der Waals surface area contributed by atoms with E-state index in [2.05, 4.69) is 10.2 Å². The third-order valence-electron chi connectivity index (χ3n) is 4.67. The van der Waals surface area contributed by atoms with Gasteiger partial charge < -0.3 is 20.5 Å². The summed E-state index contributed by atoms with van der Waals surface area (Å²) in [6.45, 7) is 4.91. The number of likely N-dealkylation sites (tertiary alicyclic amines) is 1. The molecule has 0 aromatic heterocycles. The zero-order valence-electron chi connectivity index (χ0n) is 13.9. The first kappa shape index (κ1) is 22.9. The molecule has 2 fully saturated rings. The number of hydrogen-bond acceptors (Lipinski definition) is 5. The van der Waals surface area contributed by atoms with Gasteiger partial charge in [0.05, 0.1) is 12.6 Å². The van der Waals surface area contributed by atoms with Gasteiger partial charge in [0.15, 0.2) is 0 Å². The molecule has 0 aromatic carbocycles. The first-order chi connectivity index (χ1) is 10.2. The molecular formula is C15H31Cl2N3O3. The van der Waals surface area contributed by atoms with Gasteiger partial charge in [0.25, 0.3) is 0 Å². The monoisotopic (exact) mass is 371 g/mol. The first-order valence-corrected chi connectivity index (χ1v) is 8.06. The van der Waals surface area contributed by atoms with Gasteiger partial charge in [0, 0.05) is 39.5 Å². The van der Waals surface area contributed by atoms with E-state index in [1.807, 2.05) is 0 Å². The molecule has 23 heavy (non-hydrogen) atoms. The smallest absolute Gasteiger partial charge is 0.237 e. The third-order valence-corrected chi connectivity index (χ3v) is 4.67. The van der Waals surface area contributed by atoms with E-state index in [1.165, 1.54) is 6.42 Å². The number of nitrogens with two attached hydrogens (primary N) is 1. The number of nitrogens with zero attached hydrogens (tertiary/aromatic N) is 1. The molecule has 2 atom stereocenters. The van der Waals surface area contributed by atoms with Crippen LogP contribution < -0.4 is 11.1 Å². The summed E-state index contributed by atoms with van der Waals surface area (Å²) in [7, 11) is 1.72. The van der Waals surface area contributed by atoms with Crippen LogP contribution in [0.4, 0.5) is 0 Å². The number of ether oxygens (including phenoxy) is 2. The SMILES string of the molecule is COCCN1CCCC1CNC(=O)C(N)C1CCOCC1.Cl.Cl. The number of hydrogen-bond donors (Lipinski definition) is 2. The van der Waals surface area contributed by atoms with Crippen molar-refractivity contribution < 1.29 is 14.3 Å². The minimum Gasteiger partial charge on any atom is -0.383 e. The lowest BCUT2D eigenvalue weighted by Gasteiger charge is -2.28. The second kappa shape index (κ2) is 12.3. The van der Waals surface area contributed by atoms with Crippen molar-refractivity contribution in [3.63, 3.8) is 0 Å². The van der Waals surface area contributed by atoms with Gasteiger partial charge in [0.1, 0.15) is 0 Å². The summed E-state index contributed by atoms with van der Waals surface area (Å²) in [4.78, 5) is 14.6. The minimum absolute atomic E-state index is 0. The largest absolute Gasteiger partial charge is 0.383 e. The molecule has 2 heterocycles. The van der Waals surface area contributed by atoms with Crippen molar-refractivity contribution in [2.75, 3.05) is 46.6 Å². The Kier molecular flexibility index (Phi) is 12.2. The van der Waals surface area contributed by atoms with Gasteiger partial charge in [-0.05, 0) is 38.1 Å². The summed E-state index contributed by atoms with van der Waals surface area (Å²) >= 11 is 0. The number of carbonyl (C=O) groups excluding carboxylic acids is 1. The molecule has 0 aliphatic carbocycles. The van der Waals surface area contributed by atoms with Crippen molar-refractivity contribution in [2.24, 2.45) is 11.7 Å². The average Bonchev–Trinajstić information content (AvgIpc) is 2.98. The Morgan fingerprint density at radius 2 is 2.04 bits per heavy atom. The summed E-state index contributed by atoms with van der Waals surface area (Å²) in [6.07, 6.45) is 4.10. The Labute approximate surface area is 151 Å². The van der Waals surface area contributed by atoms with E-state index in [9.17, 15) is 4.79 Å². The third kappa shape index (κ3) is 7.11. The van der Waals surface area contributed by atoms with Gasteiger partial charge in [-0.1, -0.05) is 0 Å². The van der Waals surface area contributed by atoms with Crippen molar-refractivity contribution in [3.8, 4) is 0 Å². The van der Waals surface area contributed by atoms with E-state index in [0.717, 1.165) is 52.2 Å². The fraction of sp³-hybridized carbons (Fsp3) is 0.933. The second-order valence-corrected chi connectivity index (χ2v) is 6.05. The lowest BCUT2D eigenvalue weighted by atomic mass is 9.92. The van der Waals surface area contributed by atoms with Gasteiger partial charge in [-0.15, -0.1) is 24.8 Å². The maximum absolute atomic E-state index is 12.2. The highest BCUT2D eigenvalue weighted by atomic mass is 35.5. The van der Waals surface area contributed by atoms with E-state index in [-0.39, 0.29) is 36.6 Å². The Morgan fingerprint density at radius 1 is 1.35 bits per heavy atom. The second-order valence-electron chi connectivity index (χ2n) is 6.05. The molecular weight excluding hydrogens is 341 g/mol. The summed E-state index contributed by atoms with van der Waals surface area (Å²) in [6, 6.07) is 0.0220. The molecule has 6 nitrogen and oxygen atoms in total. The van der Waals surface area contributed by atoms with E-state index in [4.69, 9.17) is 15.2 Å². The van der Waals surface area contributed by atoms with Gasteiger partial charge in [-0.2, -0.15) is 0 Å². The van der Waals surface area contributed by atoms with E-state index < -0.39 is 6.04 Å². The van der Waals surface area contributed by atoms with Gasteiger partial charge in [-0.3, -0.25) is 9.69 Å². The highest BCUT2D eigenvalue weighted by molar-refractivity contribution is 5.85. The van der Waals surface area contributed by atoms with Gasteiger partial charge >= 0.3 is 0 Å². The zero-order valence-corrected chi connectivity index (χ0v) is 15.5.